The van der Waals surface area contributed by atoms with Gasteiger partial charge in [0.25, 0.3) is 5.91 Å². The standard InChI is InChI=1S/C25H17Cl2N3OS3/c26-18-9-10-20(27)17(11-18)12-19-13-28-24(33-19)30-23(31)16-7-5-15(6-8-16)14-32-25-29-21-3-1-2-4-22(21)34-25/h1-11,13H,12,14H2,(H,28,30,31). The van der Waals surface area contributed by atoms with Crippen LogP contribution in [0.3, 0.4) is 0 Å². The molecule has 34 heavy (non-hydrogen) atoms. The second kappa shape index (κ2) is 10.5. The van der Waals surface area contributed by atoms with Crippen LogP contribution in [0.25, 0.3) is 10.2 Å². The number of thioether (sulfide) groups is 1. The number of hydrogen-bond acceptors (Lipinski definition) is 6. The number of fused-ring (bicyclic) bond motifs is 1. The third-order valence-corrected chi connectivity index (χ3v) is 8.77. The number of carbonyl (C=O) groups is 1. The minimum Gasteiger partial charge on any atom is -0.298 e. The Bertz CT molecular complexity index is 1430. The molecule has 0 spiro atoms. The van der Waals surface area contributed by atoms with Crippen molar-refractivity contribution >= 4 is 78.9 Å². The van der Waals surface area contributed by atoms with Crippen molar-refractivity contribution in [3.05, 3.63) is 105 Å². The molecule has 5 rings (SSSR count). The number of rotatable bonds is 7. The summed E-state index contributed by atoms with van der Waals surface area (Å²) < 4.78 is 2.24. The van der Waals surface area contributed by atoms with E-state index in [1.165, 1.54) is 16.0 Å². The van der Waals surface area contributed by atoms with Gasteiger partial charge in [-0.25, -0.2) is 9.97 Å². The third kappa shape index (κ3) is 5.62. The van der Waals surface area contributed by atoms with Gasteiger partial charge in [-0.2, -0.15) is 0 Å². The number of thiazole rings is 2. The number of halogens is 2. The largest absolute Gasteiger partial charge is 0.298 e. The molecule has 0 radical (unpaired) electrons. The van der Waals surface area contributed by atoms with Crippen LogP contribution in [-0.2, 0) is 12.2 Å². The summed E-state index contributed by atoms with van der Waals surface area (Å²) in [6.45, 7) is 0. The second-order valence-electron chi connectivity index (χ2n) is 7.43. The lowest BCUT2D eigenvalue weighted by molar-refractivity contribution is 0.102. The van der Waals surface area contributed by atoms with Gasteiger partial charge in [-0.3, -0.25) is 10.1 Å². The zero-order chi connectivity index (χ0) is 23.5. The molecule has 2 aromatic heterocycles. The maximum Gasteiger partial charge on any atom is 0.257 e. The molecule has 1 N–H and O–H groups in total. The topological polar surface area (TPSA) is 54.9 Å². The first-order chi connectivity index (χ1) is 16.5. The molecule has 4 nitrogen and oxygen atoms in total. The molecule has 5 aromatic rings. The number of nitrogens with one attached hydrogen (secondary N) is 1. The monoisotopic (exact) mass is 541 g/mol. The van der Waals surface area contributed by atoms with Crippen LogP contribution >= 0.6 is 57.6 Å². The van der Waals surface area contributed by atoms with E-state index in [9.17, 15) is 4.79 Å². The van der Waals surface area contributed by atoms with Crippen molar-refractivity contribution in [1.82, 2.24) is 9.97 Å². The lowest BCUT2D eigenvalue weighted by atomic mass is 10.1. The van der Waals surface area contributed by atoms with Crippen LogP contribution in [0, 0.1) is 0 Å². The number of para-hydroxylation sites is 1. The van der Waals surface area contributed by atoms with E-state index >= 15 is 0 Å². The Balaban J connectivity index is 1.18. The summed E-state index contributed by atoms with van der Waals surface area (Å²) in [7, 11) is 0. The van der Waals surface area contributed by atoms with E-state index in [0.717, 1.165) is 31.6 Å². The Morgan fingerprint density at radius 1 is 1.00 bits per heavy atom. The van der Waals surface area contributed by atoms with E-state index in [1.807, 2.05) is 48.5 Å². The zero-order valence-electron chi connectivity index (χ0n) is 17.6. The van der Waals surface area contributed by atoms with Gasteiger partial charge < -0.3 is 0 Å². The Morgan fingerprint density at radius 3 is 2.65 bits per heavy atom. The molecule has 170 valence electrons. The fraction of sp³-hybridized carbons (Fsp3) is 0.0800. The van der Waals surface area contributed by atoms with E-state index in [4.69, 9.17) is 23.2 Å². The highest BCUT2D eigenvalue weighted by Gasteiger charge is 2.11. The van der Waals surface area contributed by atoms with Gasteiger partial charge in [0, 0.05) is 38.9 Å². The molecule has 9 heteroatoms. The SMILES string of the molecule is O=C(Nc1ncc(Cc2cc(Cl)ccc2Cl)s1)c1ccc(CSc2nc3ccccc3s2)cc1. The maximum atomic E-state index is 12.7. The van der Waals surface area contributed by atoms with Gasteiger partial charge >= 0.3 is 0 Å². The van der Waals surface area contributed by atoms with Crippen LogP contribution in [0.2, 0.25) is 10.0 Å². The van der Waals surface area contributed by atoms with Crippen LogP contribution in [0.4, 0.5) is 5.13 Å². The molecule has 3 aromatic carbocycles. The molecule has 0 aliphatic carbocycles. The second-order valence-corrected chi connectivity index (χ2v) is 11.6. The van der Waals surface area contributed by atoms with E-state index in [-0.39, 0.29) is 5.91 Å². The van der Waals surface area contributed by atoms with Crippen molar-refractivity contribution in [1.29, 1.82) is 0 Å². The van der Waals surface area contributed by atoms with Crippen molar-refractivity contribution < 1.29 is 4.79 Å². The number of aromatic nitrogens is 2. The average molecular weight is 543 g/mol. The van der Waals surface area contributed by atoms with Crippen molar-refractivity contribution in [2.75, 3.05) is 5.32 Å². The first-order valence-electron chi connectivity index (χ1n) is 10.3. The number of nitrogens with zero attached hydrogens (tertiary/aromatic N) is 2. The molecule has 0 bridgehead atoms. The van der Waals surface area contributed by atoms with Crippen molar-refractivity contribution in [2.45, 2.75) is 16.5 Å². The molecule has 1 amide bonds. The molecule has 0 aliphatic heterocycles. The summed E-state index contributed by atoms with van der Waals surface area (Å²) >= 11 is 17.2. The summed E-state index contributed by atoms with van der Waals surface area (Å²) in [5.41, 5.74) is 3.68. The van der Waals surface area contributed by atoms with Crippen LogP contribution in [0.15, 0.2) is 77.3 Å². The molecule has 0 fully saturated rings. The Kier molecular flexibility index (Phi) is 7.18. The number of anilines is 1. The normalized spacial score (nSPS) is 11.1. The fourth-order valence-electron chi connectivity index (χ4n) is 3.29. The first-order valence-corrected chi connectivity index (χ1v) is 13.7. The summed E-state index contributed by atoms with van der Waals surface area (Å²) in [6, 6.07) is 21.2. The summed E-state index contributed by atoms with van der Waals surface area (Å²) in [5, 5.41) is 4.72. The molecule has 2 heterocycles. The third-order valence-electron chi connectivity index (χ3n) is 5.00. The molecule has 0 atom stereocenters. The van der Waals surface area contributed by atoms with Gasteiger partial charge in [0.05, 0.1) is 10.2 Å². The van der Waals surface area contributed by atoms with Crippen LogP contribution in [-0.4, -0.2) is 15.9 Å². The predicted octanol–water partition coefficient (Wildman–Crippen LogP) is 8.20. The Labute approximate surface area is 219 Å². The van der Waals surface area contributed by atoms with Crippen molar-refractivity contribution in [3.8, 4) is 0 Å². The quantitative estimate of drug-likeness (QED) is 0.211. The van der Waals surface area contributed by atoms with E-state index in [0.29, 0.717) is 27.2 Å². The van der Waals surface area contributed by atoms with Gasteiger partial charge in [-0.15, -0.1) is 22.7 Å². The smallest absolute Gasteiger partial charge is 0.257 e. The lowest BCUT2D eigenvalue weighted by Crippen LogP contribution is -2.11. The first kappa shape index (κ1) is 23.3. The highest BCUT2D eigenvalue weighted by molar-refractivity contribution is 8.00. The Morgan fingerprint density at radius 2 is 1.82 bits per heavy atom. The molecule has 0 unspecified atom stereocenters. The number of amides is 1. The predicted molar refractivity (Wildman–Crippen MR) is 145 cm³/mol. The minimum atomic E-state index is -0.188. The lowest BCUT2D eigenvalue weighted by Gasteiger charge is -2.04. The number of hydrogen-bond donors (Lipinski definition) is 1. The van der Waals surface area contributed by atoms with Gasteiger partial charge in [0.1, 0.15) is 0 Å². The highest BCUT2D eigenvalue weighted by atomic mass is 35.5. The number of benzene rings is 3. The summed E-state index contributed by atoms with van der Waals surface area (Å²) in [5.74, 6) is 0.607. The minimum absolute atomic E-state index is 0.188. The van der Waals surface area contributed by atoms with Crippen molar-refractivity contribution in [3.63, 3.8) is 0 Å². The maximum absolute atomic E-state index is 12.7. The van der Waals surface area contributed by atoms with Gasteiger partial charge in [-0.1, -0.05) is 59.2 Å². The summed E-state index contributed by atoms with van der Waals surface area (Å²) in [6.07, 6.45) is 2.35. The van der Waals surface area contributed by atoms with Gasteiger partial charge in [0.2, 0.25) is 0 Å². The summed E-state index contributed by atoms with van der Waals surface area (Å²) in [4.78, 5) is 22.6. The molecule has 0 aliphatic rings. The van der Waals surface area contributed by atoms with E-state index in [1.54, 1.807) is 41.4 Å². The molecular weight excluding hydrogens is 525 g/mol. The Hall–Kier alpha value is -2.42. The number of carbonyl (C=O) groups excluding carboxylic acids is 1. The zero-order valence-corrected chi connectivity index (χ0v) is 21.6. The average Bonchev–Trinajstić information content (AvgIpc) is 3.46. The van der Waals surface area contributed by atoms with Gasteiger partial charge in [0.15, 0.2) is 9.47 Å². The van der Waals surface area contributed by atoms with Crippen molar-refractivity contribution in [2.24, 2.45) is 0 Å². The fourth-order valence-corrected chi connectivity index (χ4v) is 6.53. The van der Waals surface area contributed by atoms with E-state index in [2.05, 4.69) is 21.4 Å². The highest BCUT2D eigenvalue weighted by Crippen LogP contribution is 2.31. The van der Waals surface area contributed by atoms with E-state index < -0.39 is 0 Å². The van der Waals surface area contributed by atoms with Crippen LogP contribution < -0.4 is 5.32 Å². The van der Waals surface area contributed by atoms with Gasteiger partial charge in [-0.05, 0) is 53.6 Å². The van der Waals surface area contributed by atoms with Crippen LogP contribution in [0.5, 0.6) is 0 Å². The molecule has 0 saturated heterocycles. The molecule has 0 saturated carbocycles. The molecular formula is C25H17Cl2N3OS3. The van der Waals surface area contributed by atoms with Crippen LogP contribution in [0.1, 0.15) is 26.4 Å².